The van der Waals surface area contributed by atoms with Crippen LogP contribution in [0.5, 0.6) is 0 Å². The number of hydrogen-bond acceptors (Lipinski definition) is 1. The highest BCUT2D eigenvalue weighted by molar-refractivity contribution is 4.95. The van der Waals surface area contributed by atoms with E-state index < -0.39 is 0 Å². The molecule has 4 fully saturated rings. The largest absolute Gasteiger partial charge is 0.311 e. The molecule has 6 atom stereocenters. The van der Waals surface area contributed by atoms with E-state index in [1.165, 1.54) is 64.2 Å². The van der Waals surface area contributed by atoms with E-state index in [1.807, 2.05) is 0 Å². The van der Waals surface area contributed by atoms with E-state index in [4.69, 9.17) is 0 Å². The summed E-state index contributed by atoms with van der Waals surface area (Å²) in [6, 6.07) is 1.77. The first kappa shape index (κ1) is 14.5. The van der Waals surface area contributed by atoms with Crippen LogP contribution >= 0.6 is 0 Å². The zero-order valence-electron chi connectivity index (χ0n) is 13.9. The first-order chi connectivity index (χ1) is 10.4. The third-order valence-corrected chi connectivity index (χ3v) is 7.58. The van der Waals surface area contributed by atoms with Gasteiger partial charge in [-0.15, -0.1) is 0 Å². The summed E-state index contributed by atoms with van der Waals surface area (Å²) in [5.74, 6) is 4.24. The zero-order chi connectivity index (χ0) is 14.1. The van der Waals surface area contributed by atoms with E-state index in [0.717, 1.165) is 35.8 Å². The first-order valence-corrected chi connectivity index (χ1v) is 10.2. The molecule has 0 spiro atoms. The third-order valence-electron chi connectivity index (χ3n) is 7.58. The maximum absolute atomic E-state index is 4.26. The van der Waals surface area contributed by atoms with Crippen molar-refractivity contribution in [1.82, 2.24) is 5.32 Å². The Bertz CT molecular complexity index is 303. The van der Waals surface area contributed by atoms with Gasteiger partial charge in [-0.25, -0.2) is 0 Å². The molecule has 0 radical (unpaired) electrons. The molecule has 0 bridgehead atoms. The highest BCUT2D eigenvalue weighted by Gasteiger charge is 2.39. The summed E-state index contributed by atoms with van der Waals surface area (Å²) in [5, 5.41) is 4.26. The topological polar surface area (TPSA) is 12.0 Å². The molecule has 6 unspecified atom stereocenters. The van der Waals surface area contributed by atoms with Gasteiger partial charge in [-0.1, -0.05) is 64.2 Å². The minimum Gasteiger partial charge on any atom is -0.311 e. The lowest BCUT2D eigenvalue weighted by molar-refractivity contribution is 0.0741. The summed E-state index contributed by atoms with van der Waals surface area (Å²) >= 11 is 0. The van der Waals surface area contributed by atoms with Crippen LogP contribution in [0.2, 0.25) is 0 Å². The van der Waals surface area contributed by atoms with Crippen LogP contribution in [0.25, 0.3) is 0 Å². The van der Waals surface area contributed by atoms with Gasteiger partial charge in [0.1, 0.15) is 0 Å². The molecule has 4 saturated carbocycles. The predicted octanol–water partition coefficient (Wildman–Crippen LogP) is 5.29. The van der Waals surface area contributed by atoms with Gasteiger partial charge < -0.3 is 5.32 Å². The summed E-state index contributed by atoms with van der Waals surface area (Å²) < 4.78 is 0. The molecule has 0 aliphatic heterocycles. The Morgan fingerprint density at radius 3 is 1.38 bits per heavy atom. The number of nitrogens with one attached hydrogen (secondary N) is 1. The molecule has 21 heavy (non-hydrogen) atoms. The van der Waals surface area contributed by atoms with Crippen LogP contribution in [0.4, 0.5) is 0 Å². The number of fused-ring (bicyclic) bond motifs is 2. The summed E-state index contributed by atoms with van der Waals surface area (Å²) in [6.07, 6.45) is 21.2. The maximum Gasteiger partial charge on any atom is 0.0101 e. The van der Waals surface area contributed by atoms with E-state index >= 15 is 0 Å². The average molecular weight is 290 g/mol. The molecular weight excluding hydrogens is 254 g/mol. The minimum atomic E-state index is 0.884. The van der Waals surface area contributed by atoms with Crippen molar-refractivity contribution in [3.05, 3.63) is 0 Å². The number of hydrogen-bond donors (Lipinski definition) is 1. The fourth-order valence-electron chi connectivity index (χ4n) is 6.57. The molecule has 0 heterocycles. The molecule has 4 aliphatic carbocycles. The molecule has 120 valence electrons. The summed E-state index contributed by atoms with van der Waals surface area (Å²) in [4.78, 5) is 0. The SMILES string of the molecule is C1CCC2C(C1)CCCC2NC1CCCC2CCCCC21. The molecular formula is C20H35N. The van der Waals surface area contributed by atoms with Gasteiger partial charge in [-0.05, 0) is 49.4 Å². The van der Waals surface area contributed by atoms with Gasteiger partial charge >= 0.3 is 0 Å². The Labute approximate surface area is 131 Å². The standard InChI is InChI=1S/C20H35N/c1-3-11-17-15(7-1)9-5-13-19(17)21-20-14-6-10-16-8-2-4-12-18(16)20/h15-21H,1-14H2. The van der Waals surface area contributed by atoms with Crippen molar-refractivity contribution in [2.45, 2.75) is 102 Å². The van der Waals surface area contributed by atoms with Crippen molar-refractivity contribution >= 4 is 0 Å². The van der Waals surface area contributed by atoms with Crippen molar-refractivity contribution in [2.75, 3.05) is 0 Å². The van der Waals surface area contributed by atoms with Crippen LogP contribution in [0.15, 0.2) is 0 Å². The molecule has 0 amide bonds. The lowest BCUT2D eigenvalue weighted by Gasteiger charge is -2.47. The molecule has 4 aliphatic rings. The van der Waals surface area contributed by atoms with Crippen LogP contribution in [-0.4, -0.2) is 12.1 Å². The first-order valence-electron chi connectivity index (χ1n) is 10.2. The molecule has 1 N–H and O–H groups in total. The predicted molar refractivity (Wildman–Crippen MR) is 89.3 cm³/mol. The van der Waals surface area contributed by atoms with Crippen molar-refractivity contribution in [3.63, 3.8) is 0 Å². The minimum absolute atomic E-state index is 0.884. The van der Waals surface area contributed by atoms with Gasteiger partial charge in [0, 0.05) is 12.1 Å². The highest BCUT2D eigenvalue weighted by Crippen LogP contribution is 2.44. The molecule has 0 aromatic carbocycles. The van der Waals surface area contributed by atoms with Crippen molar-refractivity contribution in [2.24, 2.45) is 23.7 Å². The Kier molecular flexibility index (Phi) is 4.57. The van der Waals surface area contributed by atoms with Crippen molar-refractivity contribution in [1.29, 1.82) is 0 Å². The smallest absolute Gasteiger partial charge is 0.0101 e. The Morgan fingerprint density at radius 1 is 0.429 bits per heavy atom. The van der Waals surface area contributed by atoms with Crippen LogP contribution in [0.1, 0.15) is 89.9 Å². The second-order valence-electron chi connectivity index (χ2n) is 8.66. The second kappa shape index (κ2) is 6.60. The fourth-order valence-corrected chi connectivity index (χ4v) is 6.57. The quantitative estimate of drug-likeness (QED) is 0.728. The third kappa shape index (κ3) is 3.05. The Morgan fingerprint density at radius 2 is 0.857 bits per heavy atom. The van der Waals surface area contributed by atoms with E-state index in [2.05, 4.69) is 5.32 Å². The monoisotopic (exact) mass is 289 g/mol. The van der Waals surface area contributed by atoms with Gasteiger partial charge in [-0.2, -0.15) is 0 Å². The van der Waals surface area contributed by atoms with Gasteiger partial charge in [0.15, 0.2) is 0 Å². The van der Waals surface area contributed by atoms with Crippen LogP contribution in [0.3, 0.4) is 0 Å². The lowest BCUT2D eigenvalue weighted by atomic mass is 9.66. The highest BCUT2D eigenvalue weighted by atomic mass is 15.0. The van der Waals surface area contributed by atoms with Gasteiger partial charge in [-0.3, -0.25) is 0 Å². The summed E-state index contributed by atoms with van der Waals surface area (Å²) in [6.45, 7) is 0. The molecule has 1 heteroatoms. The van der Waals surface area contributed by atoms with Crippen molar-refractivity contribution < 1.29 is 0 Å². The average Bonchev–Trinajstić information content (AvgIpc) is 2.56. The lowest BCUT2D eigenvalue weighted by Crippen LogP contribution is -2.53. The molecule has 1 nitrogen and oxygen atoms in total. The molecule has 0 aromatic heterocycles. The normalized spacial score (nSPS) is 47.4. The van der Waals surface area contributed by atoms with E-state index in [1.54, 1.807) is 25.7 Å². The van der Waals surface area contributed by atoms with Gasteiger partial charge in [0.25, 0.3) is 0 Å². The van der Waals surface area contributed by atoms with Gasteiger partial charge in [0.05, 0.1) is 0 Å². The molecule has 0 aromatic rings. The molecule has 4 rings (SSSR count). The van der Waals surface area contributed by atoms with Crippen LogP contribution < -0.4 is 5.32 Å². The maximum atomic E-state index is 4.26. The van der Waals surface area contributed by atoms with Crippen LogP contribution in [0, 0.1) is 23.7 Å². The van der Waals surface area contributed by atoms with E-state index in [-0.39, 0.29) is 0 Å². The number of rotatable bonds is 2. The van der Waals surface area contributed by atoms with E-state index in [0.29, 0.717) is 0 Å². The van der Waals surface area contributed by atoms with Crippen molar-refractivity contribution in [3.8, 4) is 0 Å². The summed E-state index contributed by atoms with van der Waals surface area (Å²) in [7, 11) is 0. The van der Waals surface area contributed by atoms with E-state index in [9.17, 15) is 0 Å². The Balaban J connectivity index is 1.41. The Hall–Kier alpha value is -0.0400. The second-order valence-corrected chi connectivity index (χ2v) is 8.66. The summed E-state index contributed by atoms with van der Waals surface area (Å²) in [5.41, 5.74) is 0. The van der Waals surface area contributed by atoms with Crippen LogP contribution in [-0.2, 0) is 0 Å². The fraction of sp³-hybridized carbons (Fsp3) is 1.00. The zero-order valence-corrected chi connectivity index (χ0v) is 13.9. The molecule has 0 saturated heterocycles. The van der Waals surface area contributed by atoms with Gasteiger partial charge in [0.2, 0.25) is 0 Å².